The third-order valence-corrected chi connectivity index (χ3v) is 3.08. The first-order chi connectivity index (χ1) is 5.79. The van der Waals surface area contributed by atoms with Crippen LogP contribution in [0.15, 0.2) is 16.8 Å². The van der Waals surface area contributed by atoms with E-state index in [4.69, 9.17) is 11.5 Å². The Hall–Kier alpha value is -0.380. The van der Waals surface area contributed by atoms with Gasteiger partial charge in [-0.1, -0.05) is 6.92 Å². The quantitative estimate of drug-likeness (QED) is 0.743. The Kier molecular flexibility index (Phi) is 3.72. The van der Waals surface area contributed by atoms with Crippen molar-refractivity contribution in [1.29, 1.82) is 0 Å². The predicted octanol–water partition coefficient (Wildman–Crippen LogP) is 1.39. The van der Waals surface area contributed by atoms with Gasteiger partial charge in [-0.25, -0.2) is 0 Å². The Morgan fingerprint density at radius 3 is 2.50 bits per heavy atom. The molecule has 12 heavy (non-hydrogen) atoms. The lowest BCUT2D eigenvalue weighted by Gasteiger charge is -2.19. The fourth-order valence-corrected chi connectivity index (χ4v) is 2.08. The topological polar surface area (TPSA) is 52.0 Å². The molecule has 0 amide bonds. The molecule has 0 bridgehead atoms. The summed E-state index contributed by atoms with van der Waals surface area (Å²) in [5, 5.41) is 4.26. The van der Waals surface area contributed by atoms with E-state index in [9.17, 15) is 0 Å². The molecule has 0 aliphatic rings. The molecule has 0 aromatic carbocycles. The fraction of sp³-hybridized carbons (Fsp3) is 0.556. The summed E-state index contributed by atoms with van der Waals surface area (Å²) < 4.78 is 0. The Bertz CT molecular complexity index is 204. The van der Waals surface area contributed by atoms with Crippen LogP contribution in [0.5, 0.6) is 0 Å². The van der Waals surface area contributed by atoms with Gasteiger partial charge in [0.15, 0.2) is 0 Å². The van der Waals surface area contributed by atoms with Gasteiger partial charge in [-0.05, 0) is 47.3 Å². The van der Waals surface area contributed by atoms with Gasteiger partial charge in [0.05, 0.1) is 0 Å². The number of rotatable bonds is 4. The van der Waals surface area contributed by atoms with Crippen molar-refractivity contribution < 1.29 is 0 Å². The van der Waals surface area contributed by atoms with Crippen molar-refractivity contribution in [3.63, 3.8) is 0 Å². The monoisotopic (exact) mass is 184 g/mol. The molecule has 0 fully saturated rings. The molecular weight excluding hydrogens is 168 g/mol. The first kappa shape index (κ1) is 9.71. The Morgan fingerprint density at radius 1 is 1.42 bits per heavy atom. The highest BCUT2D eigenvalue weighted by atomic mass is 32.1. The first-order valence-electron chi connectivity index (χ1n) is 4.21. The highest BCUT2D eigenvalue weighted by Crippen LogP contribution is 2.24. The molecule has 0 aliphatic heterocycles. The number of hydrogen-bond acceptors (Lipinski definition) is 3. The van der Waals surface area contributed by atoms with Gasteiger partial charge in [0, 0.05) is 0 Å². The normalized spacial score (nSPS) is 13.7. The van der Waals surface area contributed by atoms with Crippen LogP contribution in [-0.2, 0) is 0 Å². The molecule has 1 aromatic heterocycles. The third-order valence-electron chi connectivity index (χ3n) is 2.38. The van der Waals surface area contributed by atoms with E-state index in [1.54, 1.807) is 11.3 Å². The summed E-state index contributed by atoms with van der Waals surface area (Å²) in [6, 6.07) is 2.15. The maximum atomic E-state index is 5.61. The molecule has 4 N–H and O–H groups in total. The Labute approximate surface area is 77.6 Å². The van der Waals surface area contributed by atoms with Gasteiger partial charge < -0.3 is 11.5 Å². The van der Waals surface area contributed by atoms with Crippen molar-refractivity contribution in [2.24, 2.45) is 17.4 Å². The largest absolute Gasteiger partial charge is 0.330 e. The average Bonchev–Trinajstić information content (AvgIpc) is 2.58. The minimum Gasteiger partial charge on any atom is -0.330 e. The number of hydrogen-bond donors (Lipinski definition) is 2. The fourth-order valence-electron chi connectivity index (χ4n) is 1.31. The van der Waals surface area contributed by atoms with E-state index in [0.717, 1.165) is 0 Å². The molecule has 0 saturated carbocycles. The summed E-state index contributed by atoms with van der Waals surface area (Å²) >= 11 is 1.72. The minimum absolute atomic E-state index is 0.416. The van der Waals surface area contributed by atoms with Crippen LogP contribution in [0.2, 0.25) is 0 Å². The van der Waals surface area contributed by atoms with Crippen LogP contribution >= 0.6 is 11.3 Å². The molecule has 0 radical (unpaired) electrons. The van der Waals surface area contributed by atoms with Gasteiger partial charge in [0.1, 0.15) is 0 Å². The average molecular weight is 184 g/mol. The van der Waals surface area contributed by atoms with E-state index in [1.165, 1.54) is 5.56 Å². The van der Waals surface area contributed by atoms with Crippen molar-refractivity contribution in [3.05, 3.63) is 22.4 Å². The summed E-state index contributed by atoms with van der Waals surface area (Å²) in [5.74, 6) is 0.908. The summed E-state index contributed by atoms with van der Waals surface area (Å²) in [4.78, 5) is 0. The SMILES string of the molecule is CC(c1ccsc1)C(CN)CN. The maximum absolute atomic E-state index is 5.61. The minimum atomic E-state index is 0.416. The highest BCUT2D eigenvalue weighted by molar-refractivity contribution is 7.07. The van der Waals surface area contributed by atoms with Crippen LogP contribution in [0.4, 0.5) is 0 Å². The zero-order valence-electron chi connectivity index (χ0n) is 7.36. The van der Waals surface area contributed by atoms with Crippen LogP contribution in [0.25, 0.3) is 0 Å². The highest BCUT2D eigenvalue weighted by Gasteiger charge is 2.15. The molecule has 1 atom stereocenters. The molecule has 0 spiro atoms. The summed E-state index contributed by atoms with van der Waals surface area (Å²) in [6.45, 7) is 3.54. The van der Waals surface area contributed by atoms with Gasteiger partial charge in [0.25, 0.3) is 0 Å². The van der Waals surface area contributed by atoms with Crippen molar-refractivity contribution in [1.82, 2.24) is 0 Å². The van der Waals surface area contributed by atoms with Crippen LogP contribution < -0.4 is 11.5 Å². The number of nitrogens with two attached hydrogens (primary N) is 2. The second-order valence-corrected chi connectivity index (χ2v) is 3.86. The second-order valence-electron chi connectivity index (χ2n) is 3.08. The van der Waals surface area contributed by atoms with Crippen LogP contribution in [0, 0.1) is 5.92 Å². The smallest absolute Gasteiger partial charge is 0.00310 e. The van der Waals surface area contributed by atoms with Crippen molar-refractivity contribution in [2.75, 3.05) is 13.1 Å². The predicted molar refractivity (Wildman–Crippen MR) is 54.3 cm³/mol. The molecule has 1 rings (SSSR count). The Morgan fingerprint density at radius 2 is 2.08 bits per heavy atom. The van der Waals surface area contributed by atoms with E-state index in [0.29, 0.717) is 24.9 Å². The maximum Gasteiger partial charge on any atom is -0.00310 e. The van der Waals surface area contributed by atoms with E-state index in [2.05, 4.69) is 23.8 Å². The van der Waals surface area contributed by atoms with Crippen molar-refractivity contribution >= 4 is 11.3 Å². The lowest BCUT2D eigenvalue weighted by Crippen LogP contribution is -2.27. The van der Waals surface area contributed by atoms with E-state index >= 15 is 0 Å². The molecule has 1 heterocycles. The lowest BCUT2D eigenvalue weighted by molar-refractivity contribution is 0.467. The van der Waals surface area contributed by atoms with E-state index < -0.39 is 0 Å². The van der Waals surface area contributed by atoms with Crippen LogP contribution in [0.1, 0.15) is 18.4 Å². The molecule has 3 heteroatoms. The first-order valence-corrected chi connectivity index (χ1v) is 5.16. The molecule has 0 saturated heterocycles. The van der Waals surface area contributed by atoms with Crippen LogP contribution in [-0.4, -0.2) is 13.1 Å². The molecular formula is C9H16N2S. The zero-order valence-corrected chi connectivity index (χ0v) is 8.18. The van der Waals surface area contributed by atoms with Gasteiger partial charge in [0.2, 0.25) is 0 Å². The molecule has 1 aromatic rings. The Balaban J connectivity index is 2.63. The summed E-state index contributed by atoms with van der Waals surface area (Å²) in [5.41, 5.74) is 12.6. The van der Waals surface area contributed by atoms with Crippen molar-refractivity contribution in [3.8, 4) is 0 Å². The van der Waals surface area contributed by atoms with E-state index in [1.807, 2.05) is 0 Å². The standard InChI is InChI=1S/C9H16N2S/c1-7(9(4-10)5-11)8-2-3-12-6-8/h2-3,6-7,9H,4-5,10-11H2,1H3. The zero-order chi connectivity index (χ0) is 8.97. The molecule has 1 unspecified atom stereocenters. The molecule has 2 nitrogen and oxygen atoms in total. The van der Waals surface area contributed by atoms with Gasteiger partial charge in [-0.2, -0.15) is 11.3 Å². The summed E-state index contributed by atoms with van der Waals surface area (Å²) in [6.07, 6.45) is 0. The molecule has 0 aliphatic carbocycles. The van der Waals surface area contributed by atoms with Crippen LogP contribution in [0.3, 0.4) is 0 Å². The van der Waals surface area contributed by atoms with Crippen molar-refractivity contribution in [2.45, 2.75) is 12.8 Å². The van der Waals surface area contributed by atoms with Gasteiger partial charge in [-0.3, -0.25) is 0 Å². The van der Waals surface area contributed by atoms with Gasteiger partial charge >= 0.3 is 0 Å². The third kappa shape index (κ3) is 2.06. The molecule has 68 valence electrons. The summed E-state index contributed by atoms with van der Waals surface area (Å²) in [7, 11) is 0. The van der Waals surface area contributed by atoms with Gasteiger partial charge in [-0.15, -0.1) is 0 Å². The second kappa shape index (κ2) is 4.60. The number of thiophene rings is 1. The lowest BCUT2D eigenvalue weighted by atomic mass is 9.89. The van der Waals surface area contributed by atoms with E-state index in [-0.39, 0.29) is 0 Å².